The molecule has 0 atom stereocenters. The smallest absolute Gasteiger partial charge is 0.416 e. The number of nitrogens with zero attached hydrogens (tertiary/aromatic N) is 1. The third kappa shape index (κ3) is 5.07. The number of halogens is 5. The second kappa shape index (κ2) is 9.46. The zero-order chi connectivity index (χ0) is 24.5. The average molecular weight is 492 g/mol. The van der Waals surface area contributed by atoms with Crippen molar-refractivity contribution >= 4 is 28.7 Å². The summed E-state index contributed by atoms with van der Waals surface area (Å²) in [6.07, 6.45) is -0.185. The first-order chi connectivity index (χ1) is 16.1. The van der Waals surface area contributed by atoms with E-state index in [2.05, 4.69) is 4.98 Å². The van der Waals surface area contributed by atoms with Crippen LogP contribution in [0.4, 0.5) is 17.6 Å². The Morgan fingerprint density at radius 3 is 2.53 bits per heavy atom. The molecule has 0 fully saturated rings. The second-order valence-electron chi connectivity index (χ2n) is 7.81. The van der Waals surface area contributed by atoms with Crippen LogP contribution in [0.2, 0.25) is 5.02 Å². The van der Waals surface area contributed by atoms with E-state index in [9.17, 15) is 27.5 Å². The molecule has 0 saturated heterocycles. The van der Waals surface area contributed by atoms with Gasteiger partial charge in [-0.25, -0.2) is 9.18 Å². The van der Waals surface area contributed by atoms with Crippen molar-refractivity contribution in [1.82, 2.24) is 4.98 Å². The van der Waals surface area contributed by atoms with Crippen molar-refractivity contribution in [1.29, 1.82) is 0 Å². The van der Waals surface area contributed by atoms with Gasteiger partial charge in [0.2, 0.25) is 0 Å². The molecule has 176 valence electrons. The number of benzene rings is 2. The molecule has 0 aliphatic heterocycles. The number of pyridine rings is 1. The number of rotatable bonds is 6. The van der Waals surface area contributed by atoms with Crippen LogP contribution in [0.1, 0.15) is 51.9 Å². The van der Waals surface area contributed by atoms with E-state index in [4.69, 9.17) is 16.3 Å². The highest BCUT2D eigenvalue weighted by Gasteiger charge is 2.32. The number of aromatic nitrogens is 1. The maximum atomic E-state index is 14.2. The summed E-state index contributed by atoms with van der Waals surface area (Å²) >= 11 is 5.78. The predicted octanol–water partition coefficient (Wildman–Crippen LogP) is 7.26. The van der Waals surface area contributed by atoms with Crippen LogP contribution in [0.25, 0.3) is 11.1 Å². The number of aromatic carboxylic acids is 1. The summed E-state index contributed by atoms with van der Waals surface area (Å²) in [6, 6.07) is 8.69. The van der Waals surface area contributed by atoms with Gasteiger partial charge in [0.1, 0.15) is 18.2 Å². The quantitative estimate of drug-likeness (QED) is 0.368. The van der Waals surface area contributed by atoms with Gasteiger partial charge in [-0.05, 0) is 72.4 Å². The van der Waals surface area contributed by atoms with Gasteiger partial charge in [0.15, 0.2) is 0 Å². The Balaban J connectivity index is 1.78. The highest BCUT2D eigenvalue weighted by atomic mass is 35.5. The van der Waals surface area contributed by atoms with E-state index in [-0.39, 0.29) is 34.1 Å². The van der Waals surface area contributed by atoms with Crippen molar-refractivity contribution in [3.8, 4) is 5.75 Å². The van der Waals surface area contributed by atoms with Gasteiger partial charge in [0.25, 0.3) is 0 Å². The van der Waals surface area contributed by atoms with Crippen LogP contribution in [0, 0.1) is 5.82 Å². The lowest BCUT2D eigenvalue weighted by atomic mass is 9.95. The van der Waals surface area contributed by atoms with Crippen LogP contribution in [0.3, 0.4) is 0 Å². The zero-order valence-corrected chi connectivity index (χ0v) is 18.4. The number of carboxylic acid groups (broad SMARTS) is 1. The SMILES string of the molecule is O=C(O)c1cncc(C2=C(c3cc(C(F)(F)F)ccc3OCc3ccc(Cl)cc3F)CCC2)c1. The molecule has 34 heavy (non-hydrogen) atoms. The lowest BCUT2D eigenvalue weighted by Crippen LogP contribution is -2.07. The molecule has 1 aliphatic carbocycles. The minimum Gasteiger partial charge on any atom is -0.488 e. The molecule has 4 rings (SSSR count). The largest absolute Gasteiger partial charge is 0.488 e. The molecule has 0 unspecified atom stereocenters. The Bertz CT molecular complexity index is 1290. The third-order valence-electron chi connectivity index (χ3n) is 5.58. The van der Waals surface area contributed by atoms with Gasteiger partial charge in [-0.1, -0.05) is 17.7 Å². The molecule has 0 saturated carbocycles. The standard InChI is InChI=1S/C25H18ClF4NO3/c26-18-6-4-14(22(27)10-18)13-34-23-7-5-17(25(28,29)30)9-21(23)20-3-1-2-19(20)15-8-16(24(32)33)12-31-11-15/h4-12H,1-3,13H2,(H,32,33). The molecule has 1 heterocycles. The molecule has 0 bridgehead atoms. The number of carbonyl (C=O) groups is 1. The number of ether oxygens (including phenoxy) is 1. The summed E-state index contributed by atoms with van der Waals surface area (Å²) in [4.78, 5) is 15.3. The molecular formula is C25H18ClF4NO3. The van der Waals surface area contributed by atoms with Gasteiger partial charge in [0.05, 0.1) is 11.1 Å². The number of hydrogen-bond donors (Lipinski definition) is 1. The van der Waals surface area contributed by atoms with Crippen LogP contribution in [-0.2, 0) is 12.8 Å². The minimum atomic E-state index is -4.57. The highest BCUT2D eigenvalue weighted by Crippen LogP contribution is 2.44. The fourth-order valence-electron chi connectivity index (χ4n) is 3.94. The van der Waals surface area contributed by atoms with Gasteiger partial charge >= 0.3 is 12.1 Å². The fourth-order valence-corrected chi connectivity index (χ4v) is 4.10. The van der Waals surface area contributed by atoms with Crippen molar-refractivity contribution in [2.45, 2.75) is 32.0 Å². The van der Waals surface area contributed by atoms with Crippen molar-refractivity contribution in [3.05, 3.63) is 93.5 Å². The number of allylic oxidation sites excluding steroid dienone is 2. The number of alkyl halides is 3. The Morgan fingerprint density at radius 2 is 1.82 bits per heavy atom. The highest BCUT2D eigenvalue weighted by molar-refractivity contribution is 6.30. The summed E-state index contributed by atoms with van der Waals surface area (Å²) in [7, 11) is 0. The normalized spacial score (nSPS) is 13.9. The first-order valence-corrected chi connectivity index (χ1v) is 10.7. The Hall–Kier alpha value is -3.39. The van der Waals surface area contributed by atoms with Gasteiger partial charge in [0, 0.05) is 28.5 Å². The summed E-state index contributed by atoms with van der Waals surface area (Å²) in [5.74, 6) is -1.57. The molecule has 9 heteroatoms. The van der Waals surface area contributed by atoms with E-state index in [1.54, 1.807) is 0 Å². The maximum Gasteiger partial charge on any atom is 0.416 e. The predicted molar refractivity (Wildman–Crippen MR) is 119 cm³/mol. The summed E-state index contributed by atoms with van der Waals surface area (Å²) in [6.45, 7) is -0.208. The average Bonchev–Trinajstić information content (AvgIpc) is 3.27. The number of carboxylic acids is 1. The van der Waals surface area contributed by atoms with Gasteiger partial charge in [-0.2, -0.15) is 13.2 Å². The molecule has 3 aromatic rings. The topological polar surface area (TPSA) is 59.4 Å². The molecule has 1 aliphatic rings. The summed E-state index contributed by atoms with van der Waals surface area (Å²) in [5.41, 5.74) is 1.42. The first kappa shape index (κ1) is 23.8. The molecule has 0 radical (unpaired) electrons. The monoisotopic (exact) mass is 491 g/mol. The van der Waals surface area contributed by atoms with Crippen molar-refractivity contribution in [2.75, 3.05) is 0 Å². The summed E-state index contributed by atoms with van der Waals surface area (Å²) < 4.78 is 60.4. The molecule has 1 N–H and O–H groups in total. The molecule has 2 aromatic carbocycles. The van der Waals surface area contributed by atoms with Crippen molar-refractivity contribution < 1.29 is 32.2 Å². The lowest BCUT2D eigenvalue weighted by Gasteiger charge is -2.17. The maximum absolute atomic E-state index is 14.2. The van der Waals surface area contributed by atoms with E-state index in [0.29, 0.717) is 36.0 Å². The van der Waals surface area contributed by atoms with Crippen molar-refractivity contribution in [3.63, 3.8) is 0 Å². The van der Waals surface area contributed by atoms with E-state index in [1.165, 1.54) is 36.7 Å². The van der Waals surface area contributed by atoms with Crippen LogP contribution >= 0.6 is 11.6 Å². The summed E-state index contributed by atoms with van der Waals surface area (Å²) in [5, 5.41) is 9.50. The fraction of sp³-hybridized carbons (Fsp3) is 0.200. The Kier molecular flexibility index (Phi) is 6.61. The number of hydrogen-bond acceptors (Lipinski definition) is 3. The van der Waals surface area contributed by atoms with Crippen LogP contribution in [0.5, 0.6) is 5.75 Å². The zero-order valence-electron chi connectivity index (χ0n) is 17.6. The Morgan fingerprint density at radius 1 is 1.06 bits per heavy atom. The first-order valence-electron chi connectivity index (χ1n) is 10.3. The van der Waals surface area contributed by atoms with E-state index in [1.807, 2.05) is 0 Å². The van der Waals surface area contributed by atoms with Gasteiger partial charge in [-0.15, -0.1) is 0 Å². The molecule has 0 spiro atoms. The van der Waals surface area contributed by atoms with Gasteiger partial charge < -0.3 is 9.84 Å². The lowest BCUT2D eigenvalue weighted by molar-refractivity contribution is -0.137. The third-order valence-corrected chi connectivity index (χ3v) is 5.82. The van der Waals surface area contributed by atoms with E-state index >= 15 is 0 Å². The molecule has 1 aromatic heterocycles. The molecule has 0 amide bonds. The van der Waals surface area contributed by atoms with Crippen LogP contribution < -0.4 is 4.74 Å². The van der Waals surface area contributed by atoms with Crippen molar-refractivity contribution in [2.24, 2.45) is 0 Å². The van der Waals surface area contributed by atoms with Gasteiger partial charge in [-0.3, -0.25) is 4.98 Å². The minimum absolute atomic E-state index is 0.0185. The van der Waals surface area contributed by atoms with Crippen LogP contribution in [-0.4, -0.2) is 16.1 Å². The Labute approximate surface area is 197 Å². The second-order valence-corrected chi connectivity index (χ2v) is 8.25. The van der Waals surface area contributed by atoms with Crippen LogP contribution in [0.15, 0.2) is 54.9 Å². The molecule has 4 nitrogen and oxygen atoms in total. The van der Waals surface area contributed by atoms with E-state index < -0.39 is 23.5 Å². The molecular weight excluding hydrogens is 474 g/mol. The van der Waals surface area contributed by atoms with E-state index in [0.717, 1.165) is 18.2 Å².